The number of nitrogens with zero attached hydrogens (tertiary/aromatic N) is 2. The van der Waals surface area contributed by atoms with E-state index in [0.29, 0.717) is 17.4 Å². The molecule has 1 aromatic heterocycles. The summed E-state index contributed by atoms with van der Waals surface area (Å²) in [5.74, 6) is -0.822. The molecule has 1 aliphatic rings. The third-order valence-electron chi connectivity index (χ3n) is 4.66. The molecular weight excluding hydrogens is 429 g/mol. The van der Waals surface area contributed by atoms with Crippen molar-refractivity contribution in [2.45, 2.75) is 32.0 Å². The number of pyridine rings is 1. The summed E-state index contributed by atoms with van der Waals surface area (Å²) >= 11 is 3.21. The highest BCUT2D eigenvalue weighted by atomic mass is 79.9. The van der Waals surface area contributed by atoms with Gasteiger partial charge in [-0.1, -0.05) is 29.8 Å². The van der Waals surface area contributed by atoms with Crippen LogP contribution in [0.5, 0.6) is 5.88 Å². The second-order valence-corrected chi connectivity index (χ2v) is 7.75. The number of piperidine rings is 1. The number of aromatic nitrogens is 1. The average molecular weight is 450 g/mol. The lowest BCUT2D eigenvalue weighted by Crippen LogP contribution is -2.49. The topological polar surface area (TPSA) is 85.5 Å². The van der Waals surface area contributed by atoms with Crippen LogP contribution in [0.2, 0.25) is 0 Å². The molecule has 1 aliphatic heterocycles. The van der Waals surface area contributed by atoms with E-state index < -0.39 is 18.2 Å². The van der Waals surface area contributed by atoms with Crippen LogP contribution in [0, 0.1) is 6.92 Å². The Balaban J connectivity index is 1.61. The third-order valence-corrected chi connectivity index (χ3v) is 5.09. The lowest BCUT2D eigenvalue weighted by Gasteiger charge is -2.34. The van der Waals surface area contributed by atoms with E-state index in [4.69, 9.17) is 10.5 Å². The second-order valence-electron chi connectivity index (χ2n) is 6.83. The van der Waals surface area contributed by atoms with E-state index in [2.05, 4.69) is 20.9 Å². The van der Waals surface area contributed by atoms with Gasteiger partial charge in [0, 0.05) is 23.6 Å². The molecule has 1 saturated heterocycles. The number of benzene rings is 1. The average Bonchev–Trinajstić information content (AvgIpc) is 2.66. The van der Waals surface area contributed by atoms with Crippen molar-refractivity contribution in [3.05, 3.63) is 57.7 Å². The standard InChI is InChI=1S/C20H21BrFN3O3/c1-12-2-4-13(5-3-12)8-18(26)25-7-6-17(16(22)11-25)28-20-15(19(23)27)9-14(21)10-24-20/h2-5,9-10,16-17H,6-8,11H2,1H3,(H2,23,27)/t16-,17+/m0/s1. The maximum absolute atomic E-state index is 14.7. The number of primary amides is 1. The van der Waals surface area contributed by atoms with Crippen molar-refractivity contribution in [1.29, 1.82) is 0 Å². The molecule has 0 bridgehead atoms. The number of carbonyl (C=O) groups excluding carboxylic acids is 2. The van der Waals surface area contributed by atoms with Gasteiger partial charge in [0.05, 0.1) is 13.0 Å². The van der Waals surface area contributed by atoms with Gasteiger partial charge in [-0.05, 0) is 34.5 Å². The molecule has 8 heteroatoms. The van der Waals surface area contributed by atoms with Crippen molar-refractivity contribution < 1.29 is 18.7 Å². The minimum absolute atomic E-state index is 0.00258. The summed E-state index contributed by atoms with van der Waals surface area (Å²) in [4.78, 5) is 29.6. The van der Waals surface area contributed by atoms with Gasteiger partial charge < -0.3 is 15.4 Å². The van der Waals surface area contributed by atoms with E-state index >= 15 is 0 Å². The zero-order chi connectivity index (χ0) is 20.3. The molecular formula is C20H21BrFN3O3. The number of nitrogens with two attached hydrogens (primary N) is 1. The van der Waals surface area contributed by atoms with Crippen LogP contribution in [-0.2, 0) is 11.2 Å². The van der Waals surface area contributed by atoms with Gasteiger partial charge in [-0.25, -0.2) is 9.37 Å². The monoisotopic (exact) mass is 449 g/mol. The quantitative estimate of drug-likeness (QED) is 0.760. The van der Waals surface area contributed by atoms with Crippen LogP contribution in [0.3, 0.4) is 0 Å². The van der Waals surface area contributed by atoms with E-state index in [1.807, 2.05) is 31.2 Å². The highest BCUT2D eigenvalue weighted by molar-refractivity contribution is 9.10. The number of alkyl halides is 1. The first-order valence-corrected chi connectivity index (χ1v) is 9.72. The Hall–Kier alpha value is -2.48. The molecule has 0 unspecified atom stereocenters. The number of rotatable bonds is 5. The minimum Gasteiger partial charge on any atom is -0.471 e. The van der Waals surface area contributed by atoms with Gasteiger partial charge in [-0.15, -0.1) is 0 Å². The molecule has 3 rings (SSSR count). The maximum atomic E-state index is 14.7. The van der Waals surface area contributed by atoms with E-state index in [9.17, 15) is 14.0 Å². The van der Waals surface area contributed by atoms with E-state index in [1.54, 1.807) is 0 Å². The zero-order valence-corrected chi connectivity index (χ0v) is 17.0. The molecule has 6 nitrogen and oxygen atoms in total. The minimum atomic E-state index is -1.39. The Labute approximate surface area is 171 Å². The number of hydrogen-bond donors (Lipinski definition) is 1. The van der Waals surface area contributed by atoms with Crippen LogP contribution < -0.4 is 10.5 Å². The fourth-order valence-corrected chi connectivity index (χ4v) is 3.41. The smallest absolute Gasteiger partial charge is 0.254 e. The summed E-state index contributed by atoms with van der Waals surface area (Å²) in [6.07, 6.45) is -0.193. The Bertz CT molecular complexity index is 875. The van der Waals surface area contributed by atoms with Gasteiger partial charge in [0.1, 0.15) is 11.7 Å². The molecule has 2 atom stereocenters. The first-order chi connectivity index (χ1) is 13.3. The summed E-state index contributed by atoms with van der Waals surface area (Å²) in [5, 5.41) is 0. The number of aryl methyl sites for hydroxylation is 1. The normalized spacial score (nSPS) is 19.3. The first-order valence-electron chi connectivity index (χ1n) is 8.93. The maximum Gasteiger partial charge on any atom is 0.254 e. The lowest BCUT2D eigenvalue weighted by atomic mass is 10.0. The van der Waals surface area contributed by atoms with E-state index in [-0.39, 0.29) is 30.3 Å². The van der Waals surface area contributed by atoms with Gasteiger partial charge in [0.25, 0.3) is 5.91 Å². The predicted octanol–water partition coefficient (Wildman–Crippen LogP) is 2.81. The Morgan fingerprint density at radius 1 is 1.36 bits per heavy atom. The molecule has 0 radical (unpaired) electrons. The summed E-state index contributed by atoms with van der Waals surface area (Å²) in [6, 6.07) is 9.18. The number of amides is 2. The van der Waals surface area contributed by atoms with Gasteiger partial charge in [0.2, 0.25) is 11.8 Å². The highest BCUT2D eigenvalue weighted by Crippen LogP contribution is 2.25. The lowest BCUT2D eigenvalue weighted by molar-refractivity contribution is -0.134. The number of likely N-dealkylation sites (tertiary alicyclic amines) is 1. The number of hydrogen-bond acceptors (Lipinski definition) is 4. The van der Waals surface area contributed by atoms with E-state index in [1.165, 1.54) is 17.2 Å². The molecule has 2 aromatic rings. The summed E-state index contributed by atoms with van der Waals surface area (Å²) in [6.45, 7) is 2.30. The SMILES string of the molecule is Cc1ccc(CC(=O)N2CC[C@@H](Oc3ncc(Br)cc3C(N)=O)[C@@H](F)C2)cc1. The second kappa shape index (κ2) is 8.68. The van der Waals surface area contributed by atoms with Crippen LogP contribution >= 0.6 is 15.9 Å². The molecule has 2 heterocycles. The van der Waals surface area contributed by atoms with Crippen LogP contribution in [0.4, 0.5) is 4.39 Å². The molecule has 1 fully saturated rings. The molecule has 2 amide bonds. The third kappa shape index (κ3) is 4.86. The molecule has 2 N–H and O–H groups in total. The highest BCUT2D eigenvalue weighted by Gasteiger charge is 2.34. The fraction of sp³-hybridized carbons (Fsp3) is 0.350. The summed E-state index contributed by atoms with van der Waals surface area (Å²) < 4.78 is 20.9. The van der Waals surface area contributed by atoms with Crippen molar-refractivity contribution in [1.82, 2.24) is 9.88 Å². The van der Waals surface area contributed by atoms with E-state index in [0.717, 1.165) is 11.1 Å². The van der Waals surface area contributed by atoms with Gasteiger partial charge in [0.15, 0.2) is 6.17 Å². The van der Waals surface area contributed by atoms with Gasteiger partial charge >= 0.3 is 0 Å². The predicted molar refractivity (Wildman–Crippen MR) is 106 cm³/mol. The van der Waals surface area contributed by atoms with Crippen LogP contribution in [0.15, 0.2) is 41.0 Å². The number of ether oxygens (including phenoxy) is 1. The van der Waals surface area contributed by atoms with Crippen LogP contribution in [-0.4, -0.2) is 47.1 Å². The molecule has 0 spiro atoms. The summed E-state index contributed by atoms with van der Waals surface area (Å²) in [5.41, 5.74) is 7.44. The molecule has 0 saturated carbocycles. The number of halogens is 2. The molecule has 0 aliphatic carbocycles. The largest absolute Gasteiger partial charge is 0.471 e. The van der Waals surface area contributed by atoms with Crippen molar-refractivity contribution in [3.63, 3.8) is 0 Å². The summed E-state index contributed by atoms with van der Waals surface area (Å²) in [7, 11) is 0. The molecule has 148 valence electrons. The molecule has 28 heavy (non-hydrogen) atoms. The first kappa shape index (κ1) is 20.3. The van der Waals surface area contributed by atoms with Gasteiger partial charge in [-0.2, -0.15) is 0 Å². The van der Waals surface area contributed by atoms with Gasteiger partial charge in [-0.3, -0.25) is 9.59 Å². The van der Waals surface area contributed by atoms with Crippen LogP contribution in [0.1, 0.15) is 27.9 Å². The van der Waals surface area contributed by atoms with Crippen molar-refractivity contribution >= 4 is 27.7 Å². The van der Waals surface area contributed by atoms with Crippen molar-refractivity contribution in [2.75, 3.05) is 13.1 Å². The zero-order valence-electron chi connectivity index (χ0n) is 15.4. The van der Waals surface area contributed by atoms with Crippen molar-refractivity contribution in [3.8, 4) is 5.88 Å². The Kier molecular flexibility index (Phi) is 6.28. The number of carbonyl (C=O) groups is 2. The fourth-order valence-electron chi connectivity index (χ4n) is 3.08. The Morgan fingerprint density at radius 3 is 2.71 bits per heavy atom. The van der Waals surface area contributed by atoms with Crippen LogP contribution in [0.25, 0.3) is 0 Å². The Morgan fingerprint density at radius 2 is 2.07 bits per heavy atom. The van der Waals surface area contributed by atoms with Crippen molar-refractivity contribution in [2.24, 2.45) is 5.73 Å². The molecule has 1 aromatic carbocycles.